The average Bonchev–Trinajstić information content (AvgIpc) is 3.02. The topological polar surface area (TPSA) is 29.9 Å². The van der Waals surface area contributed by atoms with Gasteiger partial charge in [0.1, 0.15) is 5.15 Å². The first-order valence-electron chi connectivity index (χ1n) is 6.89. The van der Waals surface area contributed by atoms with E-state index in [1.54, 1.807) is 4.68 Å². The van der Waals surface area contributed by atoms with Crippen LogP contribution in [-0.2, 0) is 13.5 Å². The Bertz CT molecular complexity index is 421. The highest BCUT2D eigenvalue weighted by atomic mass is 35.5. The number of rotatable bonds is 6. The van der Waals surface area contributed by atoms with Crippen molar-refractivity contribution in [3.63, 3.8) is 0 Å². The highest BCUT2D eigenvalue weighted by Crippen LogP contribution is 2.49. The summed E-state index contributed by atoms with van der Waals surface area (Å²) >= 11 is 6.34. The lowest BCUT2D eigenvalue weighted by atomic mass is 9.92. The molecule has 0 radical (unpaired) electrons. The smallest absolute Gasteiger partial charge is 0.130 e. The molecule has 2 rings (SSSR count). The molecule has 4 heteroatoms. The van der Waals surface area contributed by atoms with Crippen LogP contribution < -0.4 is 5.32 Å². The second kappa shape index (κ2) is 5.22. The van der Waals surface area contributed by atoms with Crippen LogP contribution in [0.4, 0.5) is 0 Å². The van der Waals surface area contributed by atoms with Crippen molar-refractivity contribution < 1.29 is 0 Å². The zero-order valence-electron chi connectivity index (χ0n) is 11.9. The summed E-state index contributed by atoms with van der Waals surface area (Å²) in [6.07, 6.45) is 4.82. The van der Waals surface area contributed by atoms with E-state index in [1.807, 2.05) is 14.0 Å². The van der Waals surface area contributed by atoms with Gasteiger partial charge in [-0.1, -0.05) is 25.4 Å². The summed E-state index contributed by atoms with van der Waals surface area (Å²) in [5.74, 6) is 0. The first kappa shape index (κ1) is 13.9. The summed E-state index contributed by atoms with van der Waals surface area (Å²) < 4.78 is 1.78. The largest absolute Gasteiger partial charge is 0.313 e. The summed E-state index contributed by atoms with van der Waals surface area (Å²) in [5, 5.41) is 8.88. The van der Waals surface area contributed by atoms with E-state index in [9.17, 15) is 0 Å². The first-order chi connectivity index (χ1) is 8.48. The molecule has 1 aliphatic rings. The fourth-order valence-electron chi connectivity index (χ4n) is 2.54. The maximum absolute atomic E-state index is 6.34. The van der Waals surface area contributed by atoms with Crippen molar-refractivity contribution in [2.75, 3.05) is 6.54 Å². The molecule has 0 saturated heterocycles. The highest BCUT2D eigenvalue weighted by molar-refractivity contribution is 6.30. The Labute approximate surface area is 115 Å². The summed E-state index contributed by atoms with van der Waals surface area (Å²) in [6.45, 7) is 7.71. The number of hydrogen-bond acceptors (Lipinski definition) is 2. The Morgan fingerprint density at radius 3 is 2.61 bits per heavy atom. The second-order valence-electron chi connectivity index (χ2n) is 5.84. The third-order valence-corrected chi connectivity index (χ3v) is 4.67. The zero-order chi connectivity index (χ0) is 13.3. The lowest BCUT2D eigenvalue weighted by molar-refractivity contribution is 0.354. The van der Waals surface area contributed by atoms with E-state index in [2.05, 4.69) is 24.3 Å². The third-order valence-electron chi connectivity index (χ3n) is 4.20. The summed E-state index contributed by atoms with van der Waals surface area (Å²) in [4.78, 5) is 0. The second-order valence-corrected chi connectivity index (χ2v) is 6.20. The van der Waals surface area contributed by atoms with Crippen molar-refractivity contribution in [2.24, 2.45) is 12.5 Å². The predicted octanol–water partition coefficient (Wildman–Crippen LogP) is 3.09. The number of aromatic nitrogens is 2. The molecule has 0 aromatic carbocycles. The Kier molecular flexibility index (Phi) is 4.02. The lowest BCUT2D eigenvalue weighted by Gasteiger charge is -2.25. The van der Waals surface area contributed by atoms with Gasteiger partial charge in [-0.3, -0.25) is 4.68 Å². The number of aryl methyl sites for hydroxylation is 2. The van der Waals surface area contributed by atoms with E-state index in [0.29, 0.717) is 11.5 Å². The van der Waals surface area contributed by atoms with Crippen LogP contribution in [0.5, 0.6) is 0 Å². The Morgan fingerprint density at radius 1 is 1.50 bits per heavy atom. The number of halogens is 1. The molecule has 1 unspecified atom stereocenters. The Morgan fingerprint density at radius 2 is 2.17 bits per heavy atom. The molecule has 1 saturated carbocycles. The van der Waals surface area contributed by atoms with Gasteiger partial charge >= 0.3 is 0 Å². The molecule has 18 heavy (non-hydrogen) atoms. The van der Waals surface area contributed by atoms with E-state index >= 15 is 0 Å². The van der Waals surface area contributed by atoms with Gasteiger partial charge in [0.2, 0.25) is 0 Å². The van der Waals surface area contributed by atoms with E-state index in [-0.39, 0.29) is 0 Å². The van der Waals surface area contributed by atoms with Crippen LogP contribution in [0.1, 0.15) is 44.4 Å². The van der Waals surface area contributed by atoms with Gasteiger partial charge in [0.25, 0.3) is 0 Å². The van der Waals surface area contributed by atoms with Crippen molar-refractivity contribution >= 4 is 11.6 Å². The minimum Gasteiger partial charge on any atom is -0.313 e. The van der Waals surface area contributed by atoms with E-state index in [1.165, 1.54) is 24.8 Å². The molecule has 0 aliphatic heterocycles. The molecule has 1 heterocycles. The predicted molar refractivity (Wildman–Crippen MR) is 76.1 cm³/mol. The van der Waals surface area contributed by atoms with E-state index in [0.717, 1.165) is 23.8 Å². The molecule has 0 spiro atoms. The third kappa shape index (κ3) is 2.72. The van der Waals surface area contributed by atoms with Gasteiger partial charge in [-0.15, -0.1) is 0 Å². The van der Waals surface area contributed by atoms with Crippen LogP contribution in [0.2, 0.25) is 5.15 Å². The Balaban J connectivity index is 2.13. The minimum atomic E-state index is 0.459. The monoisotopic (exact) mass is 269 g/mol. The van der Waals surface area contributed by atoms with Crippen LogP contribution >= 0.6 is 11.6 Å². The molecule has 0 amide bonds. The van der Waals surface area contributed by atoms with Crippen LogP contribution in [0.25, 0.3) is 0 Å². The standard InChI is InChI=1S/C14H24ClN3/c1-5-8-16-12(14(3)6-7-14)9-11-10(2)17-18(4)13(11)15/h12,16H,5-9H2,1-4H3. The van der Waals surface area contributed by atoms with Crippen molar-refractivity contribution in [2.45, 2.75) is 52.5 Å². The molecule has 1 aliphatic carbocycles. The van der Waals surface area contributed by atoms with E-state index in [4.69, 9.17) is 11.6 Å². The van der Waals surface area contributed by atoms with Crippen LogP contribution in [0.3, 0.4) is 0 Å². The number of nitrogens with zero attached hydrogens (tertiary/aromatic N) is 2. The van der Waals surface area contributed by atoms with Crippen molar-refractivity contribution in [3.05, 3.63) is 16.4 Å². The fraction of sp³-hybridized carbons (Fsp3) is 0.786. The fourth-order valence-corrected chi connectivity index (χ4v) is 2.79. The molecule has 1 aromatic heterocycles. The molecule has 1 N–H and O–H groups in total. The average molecular weight is 270 g/mol. The maximum Gasteiger partial charge on any atom is 0.130 e. The molecule has 1 fully saturated rings. The molecule has 1 atom stereocenters. The number of nitrogens with one attached hydrogen (secondary N) is 1. The van der Waals surface area contributed by atoms with Crippen LogP contribution in [0.15, 0.2) is 0 Å². The van der Waals surface area contributed by atoms with Gasteiger partial charge in [0.05, 0.1) is 5.69 Å². The summed E-state index contributed by atoms with van der Waals surface area (Å²) in [5.41, 5.74) is 2.73. The van der Waals surface area contributed by atoms with Gasteiger partial charge in [0, 0.05) is 18.7 Å². The first-order valence-corrected chi connectivity index (χ1v) is 7.27. The molecule has 102 valence electrons. The maximum atomic E-state index is 6.34. The lowest BCUT2D eigenvalue weighted by Crippen LogP contribution is -2.38. The van der Waals surface area contributed by atoms with Crippen LogP contribution in [0, 0.1) is 12.3 Å². The van der Waals surface area contributed by atoms with Gasteiger partial charge in [-0.25, -0.2) is 0 Å². The van der Waals surface area contributed by atoms with Crippen molar-refractivity contribution in [3.8, 4) is 0 Å². The number of hydrogen-bond donors (Lipinski definition) is 1. The van der Waals surface area contributed by atoms with Crippen molar-refractivity contribution in [1.29, 1.82) is 0 Å². The molecule has 3 nitrogen and oxygen atoms in total. The molecule has 0 bridgehead atoms. The Hall–Kier alpha value is -0.540. The highest BCUT2D eigenvalue weighted by Gasteiger charge is 2.44. The zero-order valence-corrected chi connectivity index (χ0v) is 12.6. The van der Waals surface area contributed by atoms with Gasteiger partial charge in [0.15, 0.2) is 0 Å². The molecular weight excluding hydrogens is 246 g/mol. The summed E-state index contributed by atoms with van der Waals surface area (Å²) in [6, 6.07) is 0.526. The van der Waals surface area contributed by atoms with E-state index < -0.39 is 0 Å². The van der Waals surface area contributed by atoms with Gasteiger partial charge in [-0.05, 0) is 44.6 Å². The van der Waals surface area contributed by atoms with Crippen molar-refractivity contribution in [1.82, 2.24) is 15.1 Å². The molecule has 1 aromatic rings. The SMILES string of the molecule is CCCNC(Cc1c(C)nn(C)c1Cl)C1(C)CC1. The summed E-state index contributed by atoms with van der Waals surface area (Å²) in [7, 11) is 1.91. The van der Waals surface area contributed by atoms with Gasteiger partial charge in [-0.2, -0.15) is 5.10 Å². The quantitative estimate of drug-likeness (QED) is 0.860. The minimum absolute atomic E-state index is 0.459. The molecular formula is C14H24ClN3. The normalized spacial score (nSPS) is 18.9. The van der Waals surface area contributed by atoms with Crippen LogP contribution in [-0.4, -0.2) is 22.4 Å². The van der Waals surface area contributed by atoms with Gasteiger partial charge < -0.3 is 5.32 Å².